The predicted molar refractivity (Wildman–Crippen MR) is 134 cm³/mol. The van der Waals surface area contributed by atoms with Crippen molar-refractivity contribution in [1.29, 1.82) is 0 Å². The van der Waals surface area contributed by atoms with E-state index in [-0.39, 0.29) is 0 Å². The molecule has 3 saturated carbocycles. The van der Waals surface area contributed by atoms with Gasteiger partial charge in [0.1, 0.15) is 11.3 Å². The molecule has 168 valence electrons. The zero-order valence-corrected chi connectivity index (χ0v) is 20.5. The molecule has 4 nitrogen and oxygen atoms in total. The fourth-order valence-electron chi connectivity index (χ4n) is 5.56. The molecule has 3 aliphatic rings. The van der Waals surface area contributed by atoms with E-state index in [2.05, 4.69) is 62.0 Å². The molecule has 3 aliphatic carbocycles. The SMILES string of the molecule is CSc1nn2c(-c3c(C)cc(C)cc3OCC3CC3)cccc2c1[N+](C)(C1CC1)C1CC1. The molecule has 0 unspecified atom stereocenters. The first-order chi connectivity index (χ1) is 15.5. The molecular weight excluding hydrogens is 414 g/mol. The summed E-state index contributed by atoms with van der Waals surface area (Å²) in [7, 11) is 2.47. The fourth-order valence-corrected chi connectivity index (χ4v) is 6.22. The standard InChI is InChI=1S/C27H34N3OS/c1-17-14-18(2)25(24(15-17)31-16-19-8-9-19)22-6-5-7-23-26(27(32-4)28-29(22)23)30(3,20-10-11-20)21-12-13-21/h5-7,14-15,19-21H,8-13,16H2,1-4H3/q+1. The molecule has 0 N–H and O–H groups in total. The molecule has 0 aliphatic heterocycles. The molecule has 0 bridgehead atoms. The van der Waals surface area contributed by atoms with Gasteiger partial charge in [-0.05, 0) is 68.2 Å². The van der Waals surface area contributed by atoms with Gasteiger partial charge in [-0.2, -0.15) is 5.10 Å². The summed E-state index contributed by atoms with van der Waals surface area (Å²) in [5.74, 6) is 1.74. The molecular formula is C27H34N3OS+. The van der Waals surface area contributed by atoms with E-state index < -0.39 is 0 Å². The van der Waals surface area contributed by atoms with Gasteiger partial charge in [-0.15, -0.1) is 11.8 Å². The number of hydrogen-bond acceptors (Lipinski definition) is 3. The van der Waals surface area contributed by atoms with Crippen LogP contribution >= 0.6 is 11.8 Å². The van der Waals surface area contributed by atoms with Crippen LogP contribution in [0.4, 0.5) is 5.69 Å². The first-order valence-electron chi connectivity index (χ1n) is 12.2. The predicted octanol–water partition coefficient (Wildman–Crippen LogP) is 6.39. The lowest BCUT2D eigenvalue weighted by Crippen LogP contribution is -2.49. The number of thioether (sulfide) groups is 1. The average Bonchev–Trinajstić information content (AvgIpc) is 3.60. The second kappa shape index (κ2) is 7.53. The van der Waals surface area contributed by atoms with Gasteiger partial charge < -0.3 is 4.74 Å². The number of nitrogens with zero attached hydrogens (tertiary/aromatic N) is 3. The number of pyridine rings is 1. The summed E-state index contributed by atoms with van der Waals surface area (Å²) in [6.07, 6.45) is 10.1. The van der Waals surface area contributed by atoms with E-state index >= 15 is 0 Å². The van der Waals surface area contributed by atoms with E-state index in [9.17, 15) is 0 Å². The minimum atomic E-state index is 0.731. The lowest BCUT2D eigenvalue weighted by atomic mass is 10.0. The van der Waals surface area contributed by atoms with E-state index in [0.717, 1.165) is 40.5 Å². The molecule has 32 heavy (non-hydrogen) atoms. The van der Waals surface area contributed by atoms with Gasteiger partial charge in [0.2, 0.25) is 0 Å². The maximum absolute atomic E-state index is 6.40. The van der Waals surface area contributed by atoms with Gasteiger partial charge in [-0.3, -0.25) is 4.48 Å². The summed E-state index contributed by atoms with van der Waals surface area (Å²) < 4.78 is 9.69. The second-order valence-corrected chi connectivity index (χ2v) is 11.2. The Morgan fingerprint density at radius 3 is 2.41 bits per heavy atom. The Kier molecular flexibility index (Phi) is 4.85. The quantitative estimate of drug-likeness (QED) is 0.295. The molecule has 0 amide bonds. The van der Waals surface area contributed by atoms with Crippen LogP contribution in [-0.2, 0) is 0 Å². The van der Waals surface area contributed by atoms with Crippen molar-refractivity contribution in [2.75, 3.05) is 19.9 Å². The Morgan fingerprint density at radius 1 is 1.06 bits per heavy atom. The van der Waals surface area contributed by atoms with E-state index in [0.29, 0.717) is 0 Å². The maximum atomic E-state index is 6.40. The lowest BCUT2D eigenvalue weighted by Gasteiger charge is -2.34. The van der Waals surface area contributed by atoms with Crippen molar-refractivity contribution < 1.29 is 4.74 Å². The van der Waals surface area contributed by atoms with Crippen LogP contribution in [-0.4, -0.2) is 41.6 Å². The largest absolute Gasteiger partial charge is 0.493 e. The van der Waals surface area contributed by atoms with Gasteiger partial charge in [-0.1, -0.05) is 12.1 Å². The van der Waals surface area contributed by atoms with Crippen LogP contribution in [0.3, 0.4) is 0 Å². The molecule has 3 fully saturated rings. The molecule has 0 spiro atoms. The molecule has 0 atom stereocenters. The molecule has 0 radical (unpaired) electrons. The topological polar surface area (TPSA) is 26.5 Å². The van der Waals surface area contributed by atoms with E-state index in [1.807, 2.05) is 0 Å². The zero-order valence-electron chi connectivity index (χ0n) is 19.7. The number of aryl methyl sites for hydroxylation is 2. The number of hydrogen-bond donors (Lipinski definition) is 0. The maximum Gasteiger partial charge on any atom is 0.193 e. The number of benzene rings is 1. The van der Waals surface area contributed by atoms with Crippen molar-refractivity contribution in [3.63, 3.8) is 0 Å². The Morgan fingerprint density at radius 2 is 1.78 bits per heavy atom. The van der Waals surface area contributed by atoms with Gasteiger partial charge in [0.25, 0.3) is 0 Å². The Balaban J connectivity index is 1.54. The summed E-state index contributed by atoms with van der Waals surface area (Å²) in [5.41, 5.74) is 7.55. The van der Waals surface area contributed by atoms with E-state index in [1.54, 1.807) is 11.8 Å². The van der Waals surface area contributed by atoms with E-state index in [1.165, 1.54) is 71.4 Å². The molecule has 2 aromatic heterocycles. The smallest absolute Gasteiger partial charge is 0.193 e. The van der Waals surface area contributed by atoms with Gasteiger partial charge in [-0.25, -0.2) is 4.52 Å². The third kappa shape index (κ3) is 3.36. The first-order valence-corrected chi connectivity index (χ1v) is 13.4. The van der Waals surface area contributed by atoms with Crippen LogP contribution in [0.25, 0.3) is 16.8 Å². The number of rotatable bonds is 8. The fraction of sp³-hybridized carbons (Fsp3) is 0.519. The molecule has 0 saturated heterocycles. The minimum Gasteiger partial charge on any atom is -0.493 e. The summed E-state index contributed by atoms with van der Waals surface area (Å²) in [4.78, 5) is 0. The highest BCUT2D eigenvalue weighted by Crippen LogP contribution is 2.51. The van der Waals surface area contributed by atoms with Crippen LogP contribution in [0.15, 0.2) is 35.4 Å². The van der Waals surface area contributed by atoms with Crippen LogP contribution in [0.1, 0.15) is 49.7 Å². The van der Waals surface area contributed by atoms with Crippen LogP contribution in [0.5, 0.6) is 5.75 Å². The molecule has 5 heteroatoms. The summed E-state index contributed by atoms with van der Waals surface area (Å²) in [6.45, 7) is 5.19. The van der Waals surface area contributed by atoms with Crippen LogP contribution in [0, 0.1) is 19.8 Å². The first kappa shape index (κ1) is 20.6. The van der Waals surface area contributed by atoms with Crippen LogP contribution < -0.4 is 9.22 Å². The Labute approximate surface area is 195 Å². The number of fused-ring (bicyclic) bond motifs is 1. The average molecular weight is 449 g/mol. The monoisotopic (exact) mass is 448 g/mol. The van der Waals surface area contributed by atoms with Gasteiger partial charge in [0.15, 0.2) is 10.7 Å². The number of ether oxygens (including phenoxy) is 1. The minimum absolute atomic E-state index is 0.731. The molecule has 6 rings (SSSR count). The summed E-state index contributed by atoms with van der Waals surface area (Å²) in [6, 6.07) is 12.7. The van der Waals surface area contributed by atoms with E-state index in [4.69, 9.17) is 9.84 Å². The van der Waals surface area contributed by atoms with Gasteiger partial charge >= 0.3 is 0 Å². The van der Waals surface area contributed by atoms with Crippen molar-refractivity contribution in [3.8, 4) is 17.0 Å². The highest BCUT2D eigenvalue weighted by Gasteiger charge is 2.55. The third-order valence-corrected chi connectivity index (χ3v) is 8.42. The van der Waals surface area contributed by atoms with Gasteiger partial charge in [0.05, 0.1) is 31.4 Å². The number of quaternary nitrogens is 1. The molecule has 2 heterocycles. The van der Waals surface area contributed by atoms with Crippen molar-refractivity contribution in [2.24, 2.45) is 5.92 Å². The van der Waals surface area contributed by atoms with Crippen molar-refractivity contribution in [1.82, 2.24) is 14.1 Å². The summed E-state index contributed by atoms with van der Waals surface area (Å²) in [5, 5.41) is 6.40. The van der Waals surface area contributed by atoms with Crippen molar-refractivity contribution >= 4 is 23.0 Å². The van der Waals surface area contributed by atoms with Crippen molar-refractivity contribution in [2.45, 2.75) is 69.5 Å². The zero-order chi connectivity index (χ0) is 22.0. The van der Waals surface area contributed by atoms with Crippen molar-refractivity contribution in [3.05, 3.63) is 41.5 Å². The number of aromatic nitrogens is 2. The normalized spacial score (nSPS) is 19.0. The highest BCUT2D eigenvalue weighted by molar-refractivity contribution is 7.98. The molecule has 3 aromatic rings. The Bertz CT molecular complexity index is 1180. The van der Waals surface area contributed by atoms with Crippen LogP contribution in [0.2, 0.25) is 0 Å². The lowest BCUT2D eigenvalue weighted by molar-refractivity contribution is 0.300. The van der Waals surface area contributed by atoms with Gasteiger partial charge in [0, 0.05) is 31.2 Å². The third-order valence-electron chi connectivity index (χ3n) is 7.76. The second-order valence-electron chi connectivity index (χ2n) is 10.4. The summed E-state index contributed by atoms with van der Waals surface area (Å²) >= 11 is 1.80. The highest BCUT2D eigenvalue weighted by atomic mass is 32.2. The molecule has 1 aromatic carbocycles. The Hall–Kier alpha value is -1.98.